The van der Waals surface area contributed by atoms with Crippen molar-refractivity contribution in [1.82, 2.24) is 0 Å². The van der Waals surface area contributed by atoms with Crippen LogP contribution in [0.25, 0.3) is 0 Å². The van der Waals surface area contributed by atoms with Crippen LogP contribution in [0.2, 0.25) is 0 Å². The number of nitrogens with zero attached hydrogens (tertiary/aromatic N) is 4. The van der Waals surface area contributed by atoms with E-state index in [4.69, 9.17) is 25.7 Å². The molecule has 0 atom stereocenters. The molecule has 0 aromatic heterocycles. The summed E-state index contributed by atoms with van der Waals surface area (Å²) in [5.74, 6) is 8.99. The second-order valence-corrected chi connectivity index (χ2v) is 1.59. The summed E-state index contributed by atoms with van der Waals surface area (Å²) in [5, 5.41) is 11.1. The molecule has 11 nitrogen and oxygen atoms in total. The van der Waals surface area contributed by atoms with Crippen molar-refractivity contribution >= 4 is 21.3 Å². The van der Waals surface area contributed by atoms with Crippen LogP contribution in [0.15, 0.2) is 20.4 Å². The number of hydrogen-bond donors (Lipinski definition) is 7. The summed E-state index contributed by atoms with van der Waals surface area (Å²) in [7, 11) is -2.62. The SMILES string of the molecule is N=NC=NN.N=NC=NN.OP(O)O. The van der Waals surface area contributed by atoms with Crippen LogP contribution in [0.4, 0.5) is 0 Å². The van der Waals surface area contributed by atoms with Gasteiger partial charge in [-0.05, 0) is 0 Å². The van der Waals surface area contributed by atoms with Crippen molar-refractivity contribution in [3.05, 3.63) is 0 Å². The summed E-state index contributed by atoms with van der Waals surface area (Å²) in [5.41, 5.74) is 12.0. The topological polar surface area (TPSA) is 210 Å². The van der Waals surface area contributed by atoms with E-state index in [1.54, 1.807) is 0 Å². The van der Waals surface area contributed by atoms with E-state index in [1.165, 1.54) is 0 Å². The number of hydrogen-bond acceptors (Lipinski definition) is 9. The molecule has 9 N–H and O–H groups in total. The maximum absolute atomic E-state index is 7.23. The van der Waals surface area contributed by atoms with Crippen molar-refractivity contribution in [2.45, 2.75) is 0 Å². The third-order valence-electron chi connectivity index (χ3n) is 0.249. The van der Waals surface area contributed by atoms with Gasteiger partial charge in [-0.25, -0.2) is 11.1 Å². The second kappa shape index (κ2) is 22.5. The fourth-order valence-electron chi connectivity index (χ4n) is 0.0667. The Hall–Kier alpha value is -1.55. The lowest BCUT2D eigenvalue weighted by Crippen LogP contribution is -1.75. The van der Waals surface area contributed by atoms with E-state index in [0.29, 0.717) is 0 Å². The molecule has 0 radical (unpaired) electrons. The van der Waals surface area contributed by atoms with Crippen LogP contribution >= 0.6 is 8.60 Å². The van der Waals surface area contributed by atoms with Gasteiger partial charge in [0.25, 0.3) is 0 Å². The molecule has 0 aliphatic carbocycles. The summed E-state index contributed by atoms with van der Waals surface area (Å²) < 4.78 is 0. The van der Waals surface area contributed by atoms with Crippen molar-refractivity contribution in [3.8, 4) is 0 Å². The lowest BCUT2D eigenvalue weighted by molar-refractivity contribution is 0.368. The van der Waals surface area contributed by atoms with Gasteiger partial charge in [0.2, 0.25) is 0 Å². The minimum Gasteiger partial charge on any atom is -0.328 e. The molecule has 0 spiro atoms. The molecule has 14 heavy (non-hydrogen) atoms. The lowest BCUT2D eigenvalue weighted by Gasteiger charge is -1.76. The van der Waals surface area contributed by atoms with Crippen molar-refractivity contribution in [3.63, 3.8) is 0 Å². The van der Waals surface area contributed by atoms with Crippen LogP contribution in [0, 0.1) is 11.1 Å². The van der Waals surface area contributed by atoms with Crippen molar-refractivity contribution < 1.29 is 14.7 Å². The molecule has 0 aromatic carbocycles. The van der Waals surface area contributed by atoms with Crippen LogP contribution in [0.3, 0.4) is 0 Å². The quantitative estimate of drug-likeness (QED) is 0.0787. The monoisotopic (exact) mass is 226 g/mol. The first-order chi connectivity index (χ1) is 6.56. The normalized spacial score (nSPS) is 8.86. The molecule has 82 valence electrons. The summed E-state index contributed by atoms with van der Waals surface area (Å²) >= 11 is 0. The fraction of sp³-hybridized carbons (Fsp3) is 0. The van der Waals surface area contributed by atoms with E-state index in [2.05, 4.69) is 32.1 Å². The van der Waals surface area contributed by atoms with E-state index in [0.717, 1.165) is 12.7 Å². The van der Waals surface area contributed by atoms with Gasteiger partial charge < -0.3 is 26.4 Å². The van der Waals surface area contributed by atoms with Gasteiger partial charge in [-0.3, -0.25) is 0 Å². The van der Waals surface area contributed by atoms with E-state index in [-0.39, 0.29) is 0 Å². The molecular formula is C2H11N8O3P. The Labute approximate surface area is 80.1 Å². The number of hydrazone groups is 2. The van der Waals surface area contributed by atoms with E-state index in [9.17, 15) is 0 Å². The largest absolute Gasteiger partial charge is 0.328 e. The number of nitrogens with one attached hydrogen (secondary N) is 2. The van der Waals surface area contributed by atoms with Crippen LogP contribution in [-0.2, 0) is 0 Å². The predicted molar refractivity (Wildman–Crippen MR) is 49.2 cm³/mol. The first-order valence-corrected chi connectivity index (χ1v) is 3.80. The minimum atomic E-state index is -2.62. The third-order valence-corrected chi connectivity index (χ3v) is 0.249. The summed E-state index contributed by atoms with van der Waals surface area (Å²) in [4.78, 5) is 21.7. The van der Waals surface area contributed by atoms with E-state index >= 15 is 0 Å². The molecule has 12 heteroatoms. The Kier molecular flexibility index (Phi) is 29.4. The summed E-state index contributed by atoms with van der Waals surface area (Å²) in [6, 6.07) is 0. The maximum atomic E-state index is 7.23. The van der Waals surface area contributed by atoms with E-state index in [1.807, 2.05) is 0 Å². The lowest BCUT2D eigenvalue weighted by atomic mass is 11.4. The molecular weight excluding hydrogens is 215 g/mol. The molecule has 0 fully saturated rings. The summed E-state index contributed by atoms with van der Waals surface area (Å²) in [6.45, 7) is 0. The Morgan fingerprint density at radius 1 is 0.929 bits per heavy atom. The first kappa shape index (κ1) is 18.3. The second-order valence-electron chi connectivity index (χ2n) is 1.06. The average molecular weight is 226 g/mol. The molecule has 0 saturated heterocycles. The highest BCUT2D eigenvalue weighted by Crippen LogP contribution is 2.11. The molecule has 0 aliphatic heterocycles. The number of rotatable bonds is 2. The van der Waals surface area contributed by atoms with Gasteiger partial charge >= 0.3 is 8.60 Å². The average Bonchev–Trinajstić information content (AvgIpc) is 2.07. The van der Waals surface area contributed by atoms with Crippen molar-refractivity contribution in [2.24, 2.45) is 32.1 Å². The van der Waals surface area contributed by atoms with Crippen LogP contribution in [-0.4, -0.2) is 27.4 Å². The van der Waals surface area contributed by atoms with Gasteiger partial charge in [0.15, 0.2) is 12.7 Å². The van der Waals surface area contributed by atoms with Crippen LogP contribution < -0.4 is 11.7 Å². The molecule has 0 heterocycles. The maximum Gasteiger partial charge on any atom is 0.324 e. The van der Waals surface area contributed by atoms with Gasteiger partial charge in [-0.1, -0.05) is 0 Å². The van der Waals surface area contributed by atoms with Gasteiger partial charge in [-0.2, -0.15) is 10.2 Å². The molecule has 0 rings (SSSR count). The zero-order valence-corrected chi connectivity index (χ0v) is 7.78. The molecule has 0 aromatic rings. The smallest absolute Gasteiger partial charge is 0.324 e. The van der Waals surface area contributed by atoms with Crippen molar-refractivity contribution in [1.29, 1.82) is 11.1 Å². The van der Waals surface area contributed by atoms with Crippen molar-refractivity contribution in [2.75, 3.05) is 0 Å². The van der Waals surface area contributed by atoms with Crippen LogP contribution in [0.5, 0.6) is 0 Å². The van der Waals surface area contributed by atoms with E-state index < -0.39 is 8.60 Å². The molecule has 0 aliphatic rings. The van der Waals surface area contributed by atoms with Gasteiger partial charge in [0.1, 0.15) is 0 Å². The molecule has 0 bridgehead atoms. The first-order valence-electron chi connectivity index (χ1n) is 2.60. The van der Waals surface area contributed by atoms with Gasteiger partial charge in [0.05, 0.1) is 0 Å². The highest BCUT2D eigenvalue weighted by Gasteiger charge is 1.76. The Morgan fingerprint density at radius 2 is 1.14 bits per heavy atom. The Balaban J connectivity index is -0.000000131. The molecule has 0 amide bonds. The third kappa shape index (κ3) is 155. The summed E-state index contributed by atoms with van der Waals surface area (Å²) in [6.07, 6.45) is 1.89. The van der Waals surface area contributed by atoms with Crippen LogP contribution in [0.1, 0.15) is 0 Å². The minimum absolute atomic E-state index is 0.944. The Morgan fingerprint density at radius 3 is 1.14 bits per heavy atom. The highest BCUT2D eigenvalue weighted by atomic mass is 31.2. The van der Waals surface area contributed by atoms with Gasteiger partial charge in [-0.15, -0.1) is 10.2 Å². The zero-order chi connectivity index (χ0) is 11.8. The predicted octanol–water partition coefficient (Wildman–Crippen LogP) is -0.971. The van der Waals surface area contributed by atoms with Gasteiger partial charge in [0, 0.05) is 0 Å². The Bertz CT molecular complexity index is 151. The fourth-order valence-corrected chi connectivity index (χ4v) is 0.0667. The highest BCUT2D eigenvalue weighted by molar-refractivity contribution is 7.38. The zero-order valence-electron chi connectivity index (χ0n) is 6.89. The molecule has 0 unspecified atom stereocenters. The standard InChI is InChI=1S/2CH4N4.H3O3P/c2*2-4-1-5-3;1-4(2)3/h2*1-2H,3H2;1-3H. The molecule has 0 saturated carbocycles. The number of nitrogens with two attached hydrogens (primary N) is 2.